The normalized spacial score (nSPS) is 28.3. The van der Waals surface area contributed by atoms with Crippen molar-refractivity contribution >= 4 is 27.6 Å². The maximum atomic E-state index is 12.9. The van der Waals surface area contributed by atoms with Crippen molar-refractivity contribution in [3.8, 4) is 0 Å². The minimum atomic E-state index is -3.36. The van der Waals surface area contributed by atoms with Crippen LogP contribution in [0.5, 0.6) is 0 Å². The lowest BCUT2D eigenvalue weighted by Gasteiger charge is -2.44. The number of pyridine rings is 1. The van der Waals surface area contributed by atoms with Crippen LogP contribution in [0.25, 0.3) is 0 Å². The topological polar surface area (TPSA) is 112 Å². The molecule has 9 nitrogen and oxygen atoms in total. The zero-order valence-electron chi connectivity index (χ0n) is 17.4. The number of urea groups is 1. The van der Waals surface area contributed by atoms with E-state index < -0.39 is 15.4 Å². The Morgan fingerprint density at radius 1 is 1.13 bits per heavy atom. The summed E-state index contributed by atoms with van der Waals surface area (Å²) in [6, 6.07) is 3.35. The number of piperidine rings is 1. The molecule has 10 heteroatoms. The van der Waals surface area contributed by atoms with Gasteiger partial charge in [0, 0.05) is 51.3 Å². The molecule has 0 bridgehead atoms. The van der Waals surface area contributed by atoms with Gasteiger partial charge in [0.25, 0.3) is 0 Å². The van der Waals surface area contributed by atoms with Crippen LogP contribution in [0.1, 0.15) is 25.7 Å². The number of sulfonamides is 1. The van der Waals surface area contributed by atoms with E-state index in [1.54, 1.807) is 36.5 Å². The Kier molecular flexibility index (Phi) is 5.26. The first-order valence-corrected chi connectivity index (χ1v) is 12.2. The lowest BCUT2D eigenvalue weighted by atomic mass is 9.65. The van der Waals surface area contributed by atoms with Gasteiger partial charge in [-0.15, -0.1) is 0 Å². The number of likely N-dealkylation sites (tertiary alicyclic amines) is 1. The highest BCUT2D eigenvalue weighted by Crippen LogP contribution is 2.62. The first kappa shape index (κ1) is 21.0. The smallest absolute Gasteiger partial charge is 0.321 e. The highest BCUT2D eigenvalue weighted by molar-refractivity contribution is 7.88. The monoisotopic (exact) mass is 435 g/mol. The van der Waals surface area contributed by atoms with Gasteiger partial charge in [-0.25, -0.2) is 17.5 Å². The number of hydrogen-bond acceptors (Lipinski definition) is 5. The van der Waals surface area contributed by atoms with E-state index >= 15 is 0 Å². The Morgan fingerprint density at radius 3 is 2.40 bits per heavy atom. The Morgan fingerprint density at radius 2 is 1.80 bits per heavy atom. The van der Waals surface area contributed by atoms with E-state index in [2.05, 4.69) is 15.6 Å². The van der Waals surface area contributed by atoms with Crippen molar-refractivity contribution in [2.45, 2.75) is 25.7 Å². The number of nitrogens with zero attached hydrogens (tertiary/aromatic N) is 3. The summed E-state index contributed by atoms with van der Waals surface area (Å²) in [6.45, 7) is 1.83. The first-order chi connectivity index (χ1) is 14.2. The van der Waals surface area contributed by atoms with Crippen LogP contribution in [-0.4, -0.2) is 74.0 Å². The lowest BCUT2D eigenvalue weighted by Crippen LogP contribution is -2.50. The largest absolute Gasteiger partial charge is 0.359 e. The summed E-state index contributed by atoms with van der Waals surface area (Å²) in [5, 5.41) is 5.67. The third-order valence-electron chi connectivity index (χ3n) is 7.45. The highest BCUT2D eigenvalue weighted by Gasteiger charge is 2.65. The minimum absolute atomic E-state index is 0.0231. The fraction of sp³-hybridized carbons (Fsp3) is 0.650. The molecule has 1 aliphatic carbocycles. The quantitative estimate of drug-likeness (QED) is 0.739. The second-order valence-electron chi connectivity index (χ2n) is 8.86. The van der Waals surface area contributed by atoms with Gasteiger partial charge in [-0.3, -0.25) is 9.78 Å². The first-order valence-electron chi connectivity index (χ1n) is 10.3. The van der Waals surface area contributed by atoms with Crippen LogP contribution >= 0.6 is 0 Å². The Balaban J connectivity index is 1.49. The molecule has 1 saturated carbocycles. The molecule has 3 fully saturated rings. The molecular formula is C20H29N5O4S. The molecule has 3 heterocycles. The van der Waals surface area contributed by atoms with Gasteiger partial charge in [-0.1, -0.05) is 0 Å². The van der Waals surface area contributed by atoms with Gasteiger partial charge >= 0.3 is 6.03 Å². The highest BCUT2D eigenvalue weighted by atomic mass is 32.2. The van der Waals surface area contributed by atoms with Crippen molar-refractivity contribution in [3.05, 3.63) is 24.5 Å². The average Bonchev–Trinajstić information content (AvgIpc) is 3.26. The Labute approximate surface area is 177 Å². The van der Waals surface area contributed by atoms with E-state index in [-0.39, 0.29) is 29.8 Å². The molecule has 0 aromatic carbocycles. The lowest BCUT2D eigenvalue weighted by molar-refractivity contribution is -0.132. The standard InChI is InChI=1S/C20H29N5O4S/c1-21-17(26)20-6-5-19(16(20)13-25(14-20)30(2,28)29)7-11-24(12-8-19)18(27)23-15-3-9-22-10-4-15/h3-4,9-10,16H,5-8,11-14H2,1-2H3,(H,21,26)(H,22,23,27)/t16-,20+/m0/s1. The van der Waals surface area contributed by atoms with Crippen molar-refractivity contribution in [2.24, 2.45) is 16.7 Å². The van der Waals surface area contributed by atoms with Crippen LogP contribution in [0.4, 0.5) is 10.5 Å². The van der Waals surface area contributed by atoms with Gasteiger partial charge in [-0.2, -0.15) is 0 Å². The molecule has 1 aromatic heterocycles. The maximum absolute atomic E-state index is 12.9. The molecular weight excluding hydrogens is 406 g/mol. The summed E-state index contributed by atoms with van der Waals surface area (Å²) in [4.78, 5) is 31.3. The van der Waals surface area contributed by atoms with Crippen molar-refractivity contribution in [2.75, 3.05) is 44.8 Å². The number of carbonyl (C=O) groups excluding carboxylic acids is 2. The fourth-order valence-electron chi connectivity index (χ4n) is 5.78. The molecule has 4 rings (SSSR count). The summed E-state index contributed by atoms with van der Waals surface area (Å²) in [5.41, 5.74) is -0.0759. The molecule has 0 unspecified atom stereocenters. The third-order valence-corrected chi connectivity index (χ3v) is 8.66. The van der Waals surface area contributed by atoms with Gasteiger partial charge < -0.3 is 15.5 Å². The van der Waals surface area contributed by atoms with E-state index in [4.69, 9.17) is 0 Å². The molecule has 2 N–H and O–H groups in total. The number of rotatable bonds is 3. The fourth-order valence-corrected chi connectivity index (χ4v) is 6.67. The zero-order valence-corrected chi connectivity index (χ0v) is 18.2. The summed E-state index contributed by atoms with van der Waals surface area (Å²) >= 11 is 0. The number of fused-ring (bicyclic) bond motifs is 2. The minimum Gasteiger partial charge on any atom is -0.359 e. The van der Waals surface area contributed by atoms with Gasteiger partial charge in [0.05, 0.1) is 11.7 Å². The maximum Gasteiger partial charge on any atom is 0.321 e. The van der Waals surface area contributed by atoms with Gasteiger partial charge in [0.1, 0.15) is 0 Å². The molecule has 164 valence electrons. The van der Waals surface area contributed by atoms with E-state index in [1.165, 1.54) is 10.6 Å². The van der Waals surface area contributed by atoms with Crippen LogP contribution < -0.4 is 10.6 Å². The van der Waals surface area contributed by atoms with Crippen molar-refractivity contribution in [1.82, 2.24) is 19.5 Å². The van der Waals surface area contributed by atoms with Crippen molar-refractivity contribution in [1.29, 1.82) is 0 Å². The van der Waals surface area contributed by atoms with Gasteiger partial charge in [-0.05, 0) is 49.1 Å². The third kappa shape index (κ3) is 3.45. The molecule has 2 atom stereocenters. The Bertz CT molecular complexity index is 930. The molecule has 2 saturated heterocycles. The Hall–Kier alpha value is -2.20. The number of anilines is 1. The number of hydrogen-bond donors (Lipinski definition) is 2. The SMILES string of the molecule is CNC(=O)[C@@]12CCC3(CCN(C(=O)Nc4ccncc4)CC3)[C@@H]1CN(S(C)(=O)=O)C2. The number of aromatic nitrogens is 1. The molecule has 1 spiro atoms. The zero-order chi connectivity index (χ0) is 21.6. The van der Waals surface area contributed by atoms with E-state index in [0.29, 0.717) is 31.7 Å². The number of amides is 3. The summed E-state index contributed by atoms with van der Waals surface area (Å²) in [6.07, 6.45) is 7.60. The van der Waals surface area contributed by atoms with Crippen LogP contribution in [-0.2, 0) is 14.8 Å². The van der Waals surface area contributed by atoms with Gasteiger partial charge in [0.15, 0.2) is 0 Å². The van der Waals surface area contributed by atoms with Crippen LogP contribution in [0.3, 0.4) is 0 Å². The van der Waals surface area contributed by atoms with Crippen LogP contribution in [0.2, 0.25) is 0 Å². The number of carbonyl (C=O) groups is 2. The molecule has 3 aliphatic rings. The summed E-state index contributed by atoms with van der Waals surface area (Å²) in [7, 11) is -1.75. The molecule has 2 aliphatic heterocycles. The second-order valence-corrected chi connectivity index (χ2v) is 10.8. The van der Waals surface area contributed by atoms with Gasteiger partial charge in [0.2, 0.25) is 15.9 Å². The van der Waals surface area contributed by atoms with Crippen molar-refractivity contribution in [3.63, 3.8) is 0 Å². The molecule has 3 amide bonds. The molecule has 30 heavy (non-hydrogen) atoms. The predicted molar refractivity (Wildman–Crippen MR) is 112 cm³/mol. The van der Waals surface area contributed by atoms with Crippen LogP contribution in [0, 0.1) is 16.7 Å². The predicted octanol–water partition coefficient (Wildman–Crippen LogP) is 1.11. The van der Waals surface area contributed by atoms with E-state index in [1.807, 2.05) is 0 Å². The van der Waals surface area contributed by atoms with Crippen LogP contribution in [0.15, 0.2) is 24.5 Å². The average molecular weight is 436 g/mol. The van der Waals surface area contributed by atoms with E-state index in [0.717, 1.165) is 19.3 Å². The number of nitrogens with one attached hydrogen (secondary N) is 2. The molecule has 1 aromatic rings. The molecule has 0 radical (unpaired) electrons. The summed E-state index contributed by atoms with van der Waals surface area (Å²) in [5.74, 6) is -0.0848. The second kappa shape index (κ2) is 7.49. The summed E-state index contributed by atoms with van der Waals surface area (Å²) < 4.78 is 25.9. The van der Waals surface area contributed by atoms with E-state index in [9.17, 15) is 18.0 Å². The van der Waals surface area contributed by atoms with Crippen molar-refractivity contribution < 1.29 is 18.0 Å².